The van der Waals surface area contributed by atoms with Gasteiger partial charge in [-0.3, -0.25) is 4.98 Å². The van der Waals surface area contributed by atoms with E-state index in [9.17, 15) is 0 Å². The lowest BCUT2D eigenvalue weighted by molar-refractivity contribution is 0.439. The van der Waals surface area contributed by atoms with Crippen molar-refractivity contribution in [2.45, 2.75) is 6.92 Å². The Hall–Kier alpha value is -2.70. The Morgan fingerprint density at radius 3 is 3.00 bits per heavy atom. The number of nitrogens with two attached hydrogens (primary N) is 1. The molecule has 7 heteroatoms. The predicted molar refractivity (Wildman–Crippen MR) is 64.2 cm³/mol. The summed E-state index contributed by atoms with van der Waals surface area (Å²) in [6, 6.07) is 5.41. The molecule has 0 radical (unpaired) electrons. The fourth-order valence-electron chi connectivity index (χ4n) is 1.62. The number of nitrogen functional groups attached to an aromatic ring is 1. The Morgan fingerprint density at radius 2 is 2.17 bits per heavy atom. The van der Waals surface area contributed by atoms with Gasteiger partial charge in [-0.1, -0.05) is 0 Å². The molecule has 90 valence electrons. The third-order valence-electron chi connectivity index (χ3n) is 2.49. The number of nitrogens with zero attached hydrogens (tertiary/aromatic N) is 5. The molecule has 0 saturated heterocycles. The zero-order valence-corrected chi connectivity index (χ0v) is 9.61. The summed E-state index contributed by atoms with van der Waals surface area (Å²) in [6.07, 6.45) is 3.11. The molecule has 2 aromatic heterocycles. The van der Waals surface area contributed by atoms with Gasteiger partial charge in [0.15, 0.2) is 0 Å². The predicted octanol–water partition coefficient (Wildman–Crippen LogP) is 1.20. The van der Waals surface area contributed by atoms with Crippen molar-refractivity contribution in [1.82, 2.24) is 25.0 Å². The minimum atomic E-state index is 0.449. The zero-order chi connectivity index (χ0) is 12.5. The minimum Gasteiger partial charge on any atom is -0.437 e. The Morgan fingerprint density at radius 1 is 1.28 bits per heavy atom. The Balaban J connectivity index is 2.03. The number of rotatable bonds is 2. The molecule has 2 heterocycles. The normalized spacial score (nSPS) is 10.7. The Kier molecular flexibility index (Phi) is 2.30. The van der Waals surface area contributed by atoms with Gasteiger partial charge >= 0.3 is 0 Å². The van der Waals surface area contributed by atoms with Crippen molar-refractivity contribution in [3.05, 3.63) is 36.2 Å². The highest BCUT2D eigenvalue weighted by molar-refractivity contribution is 5.48. The van der Waals surface area contributed by atoms with Crippen LogP contribution in [-0.4, -0.2) is 25.0 Å². The van der Waals surface area contributed by atoms with Crippen LogP contribution in [0.2, 0.25) is 0 Å². The van der Waals surface area contributed by atoms with Gasteiger partial charge in [0.2, 0.25) is 11.5 Å². The van der Waals surface area contributed by atoms with Gasteiger partial charge in [-0.25, -0.2) is 0 Å². The van der Waals surface area contributed by atoms with E-state index in [0.717, 1.165) is 5.56 Å². The van der Waals surface area contributed by atoms with Gasteiger partial charge < -0.3 is 10.5 Å². The van der Waals surface area contributed by atoms with Crippen LogP contribution < -0.4 is 10.5 Å². The number of fused-ring (bicyclic) bond motifs is 1. The molecule has 3 rings (SSSR count). The van der Waals surface area contributed by atoms with Crippen LogP contribution in [-0.2, 0) is 0 Å². The molecule has 7 nitrogen and oxygen atoms in total. The van der Waals surface area contributed by atoms with Crippen LogP contribution >= 0.6 is 0 Å². The Labute approximate surface area is 102 Å². The highest BCUT2D eigenvalue weighted by atomic mass is 16.5. The van der Waals surface area contributed by atoms with Crippen molar-refractivity contribution in [2.24, 2.45) is 0 Å². The largest absolute Gasteiger partial charge is 0.437 e. The average Bonchev–Trinajstić information content (AvgIpc) is 2.82. The van der Waals surface area contributed by atoms with Crippen molar-refractivity contribution in [1.29, 1.82) is 0 Å². The lowest BCUT2D eigenvalue weighted by atomic mass is 10.2. The summed E-state index contributed by atoms with van der Waals surface area (Å²) in [5.41, 5.74) is 7.84. The van der Waals surface area contributed by atoms with Crippen LogP contribution in [0.3, 0.4) is 0 Å². The van der Waals surface area contributed by atoms with Crippen molar-refractivity contribution < 1.29 is 4.74 Å². The molecular weight excluding hydrogens is 232 g/mol. The Bertz CT molecular complexity index is 708. The molecule has 0 spiro atoms. The molecule has 0 fully saturated rings. The summed E-state index contributed by atoms with van der Waals surface area (Å²) in [4.78, 5) is 4.02. The number of aromatic nitrogens is 5. The fourth-order valence-corrected chi connectivity index (χ4v) is 1.62. The van der Waals surface area contributed by atoms with E-state index >= 15 is 0 Å². The van der Waals surface area contributed by atoms with Crippen LogP contribution in [0.5, 0.6) is 11.6 Å². The molecule has 0 aliphatic rings. The topological polar surface area (TPSA) is 91.2 Å². The number of hydrogen-bond acceptors (Lipinski definition) is 6. The first-order valence-electron chi connectivity index (χ1n) is 5.30. The molecule has 18 heavy (non-hydrogen) atoms. The number of ether oxygens (including phenoxy) is 1. The molecule has 1 aromatic carbocycles. The van der Waals surface area contributed by atoms with E-state index in [1.165, 1.54) is 4.52 Å². The fraction of sp³-hybridized carbons (Fsp3) is 0.0909. The number of tetrazole rings is 1. The molecule has 3 aromatic rings. The summed E-state index contributed by atoms with van der Waals surface area (Å²) in [7, 11) is 0. The van der Waals surface area contributed by atoms with Crippen LogP contribution in [0.25, 0.3) is 5.65 Å². The van der Waals surface area contributed by atoms with Gasteiger partial charge in [0.05, 0.1) is 12.4 Å². The van der Waals surface area contributed by atoms with Crippen LogP contribution in [0, 0.1) is 6.92 Å². The second-order valence-electron chi connectivity index (χ2n) is 3.82. The quantitative estimate of drug-likeness (QED) is 0.679. The van der Waals surface area contributed by atoms with Crippen LogP contribution in [0.1, 0.15) is 5.56 Å². The summed E-state index contributed by atoms with van der Waals surface area (Å²) < 4.78 is 7.21. The highest BCUT2D eigenvalue weighted by Crippen LogP contribution is 2.25. The zero-order valence-electron chi connectivity index (χ0n) is 9.61. The van der Waals surface area contributed by atoms with Crippen LogP contribution in [0.4, 0.5) is 5.69 Å². The van der Waals surface area contributed by atoms with Crippen molar-refractivity contribution in [2.75, 3.05) is 5.73 Å². The van der Waals surface area contributed by atoms with Crippen molar-refractivity contribution >= 4 is 11.3 Å². The number of hydrogen-bond donors (Lipinski definition) is 1. The van der Waals surface area contributed by atoms with E-state index in [4.69, 9.17) is 10.5 Å². The highest BCUT2D eigenvalue weighted by Gasteiger charge is 2.08. The van der Waals surface area contributed by atoms with Crippen molar-refractivity contribution in [3.63, 3.8) is 0 Å². The maximum atomic E-state index is 5.74. The maximum absolute atomic E-state index is 5.74. The molecule has 0 amide bonds. The molecule has 0 saturated carbocycles. The van der Waals surface area contributed by atoms with E-state index in [2.05, 4.69) is 20.5 Å². The number of benzene rings is 1. The molecule has 0 aliphatic heterocycles. The standard InChI is InChI=1S/C11H10N6O/c1-7-4-8(12)2-3-9(7)18-11-6-13-5-10-14-15-16-17(10)11/h2-6H,12H2,1H3. The third kappa shape index (κ3) is 1.71. The van der Waals surface area contributed by atoms with E-state index in [-0.39, 0.29) is 0 Å². The van der Waals surface area contributed by atoms with Crippen LogP contribution in [0.15, 0.2) is 30.6 Å². The minimum absolute atomic E-state index is 0.449. The van der Waals surface area contributed by atoms with E-state index < -0.39 is 0 Å². The SMILES string of the molecule is Cc1cc(N)ccc1Oc1cncc2nnnn12. The first-order valence-corrected chi connectivity index (χ1v) is 5.30. The monoisotopic (exact) mass is 242 g/mol. The first-order chi connectivity index (χ1) is 8.74. The number of aryl methyl sites for hydroxylation is 1. The lowest BCUT2D eigenvalue weighted by Crippen LogP contribution is -1.98. The third-order valence-corrected chi connectivity index (χ3v) is 2.49. The van der Waals surface area contributed by atoms with Gasteiger partial charge in [0.1, 0.15) is 5.75 Å². The summed E-state index contributed by atoms with van der Waals surface area (Å²) in [5, 5.41) is 11.2. The van der Waals surface area contributed by atoms with E-state index in [1.54, 1.807) is 24.5 Å². The molecule has 0 atom stereocenters. The van der Waals surface area contributed by atoms with Gasteiger partial charge in [-0.2, -0.15) is 4.52 Å². The molecule has 0 bridgehead atoms. The number of anilines is 1. The summed E-state index contributed by atoms with van der Waals surface area (Å²) in [6.45, 7) is 1.92. The molecule has 0 unspecified atom stereocenters. The average molecular weight is 242 g/mol. The second-order valence-corrected chi connectivity index (χ2v) is 3.82. The van der Waals surface area contributed by atoms with Gasteiger partial charge in [-0.15, -0.1) is 5.10 Å². The van der Waals surface area contributed by atoms with Gasteiger partial charge in [-0.05, 0) is 41.1 Å². The smallest absolute Gasteiger partial charge is 0.242 e. The van der Waals surface area contributed by atoms with Crippen molar-refractivity contribution in [3.8, 4) is 11.6 Å². The van der Waals surface area contributed by atoms with E-state index in [0.29, 0.717) is 23.0 Å². The lowest BCUT2D eigenvalue weighted by Gasteiger charge is -2.08. The molecule has 2 N–H and O–H groups in total. The maximum Gasteiger partial charge on any atom is 0.242 e. The second kappa shape index (κ2) is 3.95. The first kappa shape index (κ1) is 10.5. The molecular formula is C11H10N6O. The summed E-state index contributed by atoms with van der Waals surface area (Å²) >= 11 is 0. The van der Waals surface area contributed by atoms with E-state index in [1.807, 2.05) is 13.0 Å². The van der Waals surface area contributed by atoms with Gasteiger partial charge in [0, 0.05) is 5.69 Å². The molecule has 0 aliphatic carbocycles. The summed E-state index contributed by atoms with van der Waals surface area (Å²) in [5.74, 6) is 1.14. The van der Waals surface area contributed by atoms with Gasteiger partial charge in [0.25, 0.3) is 0 Å².